The van der Waals surface area contributed by atoms with Crippen LogP contribution in [0.1, 0.15) is 5.56 Å². The van der Waals surface area contributed by atoms with Gasteiger partial charge in [0.1, 0.15) is 5.75 Å². The summed E-state index contributed by atoms with van der Waals surface area (Å²) in [7, 11) is 1.94. The summed E-state index contributed by atoms with van der Waals surface area (Å²) in [6, 6.07) is 9.44. The molecule has 0 aromatic heterocycles. The third-order valence-corrected chi connectivity index (χ3v) is 2.93. The number of rotatable bonds is 3. The molecule has 0 heterocycles. The average molecular weight is 236 g/mol. The van der Waals surface area contributed by atoms with Gasteiger partial charge >= 0.3 is 0 Å². The summed E-state index contributed by atoms with van der Waals surface area (Å²) in [5, 5.41) is 15.1. The molecule has 0 atom stereocenters. The van der Waals surface area contributed by atoms with Crippen LogP contribution in [0.3, 0.4) is 0 Å². The highest BCUT2D eigenvalue weighted by atomic mass is 35.5. The molecule has 0 unspecified atom stereocenters. The number of fused-ring (bicyclic) bond motifs is 1. The number of aromatic hydroxyl groups is 1. The van der Waals surface area contributed by atoms with Crippen LogP contribution in [0.4, 0.5) is 0 Å². The van der Waals surface area contributed by atoms with Crippen LogP contribution < -0.4 is 5.32 Å². The Balaban J connectivity index is 2.45. The molecule has 2 rings (SSSR count). The van der Waals surface area contributed by atoms with Crippen molar-refractivity contribution in [1.29, 1.82) is 0 Å². The molecule has 0 spiro atoms. The number of likely N-dealkylation sites (N-methyl/N-ethyl adjacent to an activating group) is 1. The molecule has 0 saturated carbocycles. The van der Waals surface area contributed by atoms with Gasteiger partial charge in [0.25, 0.3) is 0 Å². The van der Waals surface area contributed by atoms with Gasteiger partial charge in [-0.3, -0.25) is 0 Å². The van der Waals surface area contributed by atoms with E-state index in [9.17, 15) is 5.11 Å². The summed E-state index contributed by atoms with van der Waals surface area (Å²) in [5.41, 5.74) is 1.24. The Morgan fingerprint density at radius 3 is 2.81 bits per heavy atom. The summed E-state index contributed by atoms with van der Waals surface area (Å²) in [6.45, 7) is 0.946. The van der Waals surface area contributed by atoms with Crippen molar-refractivity contribution in [2.75, 3.05) is 13.6 Å². The lowest BCUT2D eigenvalue weighted by Crippen LogP contribution is -2.10. The van der Waals surface area contributed by atoms with Gasteiger partial charge in [-0.05, 0) is 49.2 Å². The Labute approximate surface area is 99.9 Å². The summed E-state index contributed by atoms with van der Waals surface area (Å²) >= 11 is 6.09. The molecule has 0 radical (unpaired) electrons. The lowest BCUT2D eigenvalue weighted by Gasteiger charge is -2.06. The van der Waals surface area contributed by atoms with Crippen molar-refractivity contribution in [2.24, 2.45) is 0 Å². The molecular weight excluding hydrogens is 222 g/mol. The first kappa shape index (κ1) is 11.2. The number of benzene rings is 2. The van der Waals surface area contributed by atoms with E-state index in [2.05, 4.69) is 17.4 Å². The average Bonchev–Trinajstić information content (AvgIpc) is 2.26. The number of nitrogens with one attached hydrogen (secondary N) is 1. The molecule has 0 aliphatic rings. The molecular formula is C13H14ClNO. The van der Waals surface area contributed by atoms with Crippen LogP contribution in [0.5, 0.6) is 5.75 Å². The second-order valence-corrected chi connectivity index (χ2v) is 4.24. The van der Waals surface area contributed by atoms with Crippen molar-refractivity contribution in [3.8, 4) is 5.75 Å². The first-order valence-electron chi connectivity index (χ1n) is 5.26. The maximum atomic E-state index is 9.43. The van der Waals surface area contributed by atoms with Crippen molar-refractivity contribution in [3.05, 3.63) is 40.9 Å². The Morgan fingerprint density at radius 1 is 1.25 bits per heavy atom. The van der Waals surface area contributed by atoms with Crippen molar-refractivity contribution in [2.45, 2.75) is 6.42 Å². The minimum absolute atomic E-state index is 0.209. The minimum atomic E-state index is 0.209. The summed E-state index contributed by atoms with van der Waals surface area (Å²) in [5.74, 6) is 0.209. The van der Waals surface area contributed by atoms with Gasteiger partial charge in [-0.25, -0.2) is 0 Å². The molecule has 16 heavy (non-hydrogen) atoms. The number of hydrogen-bond donors (Lipinski definition) is 2. The summed E-state index contributed by atoms with van der Waals surface area (Å²) in [6.07, 6.45) is 0.976. The molecule has 0 aliphatic heterocycles. The number of hydrogen-bond acceptors (Lipinski definition) is 2. The van der Waals surface area contributed by atoms with E-state index in [1.54, 1.807) is 12.1 Å². The fraction of sp³-hybridized carbons (Fsp3) is 0.231. The standard InChI is InChI=1S/C13H14ClNO/c1-15-5-4-9-2-3-10-7-11(16)8-13(14)12(10)6-9/h2-3,6-8,15-16H,4-5H2,1H3. The topological polar surface area (TPSA) is 32.3 Å². The zero-order valence-electron chi connectivity index (χ0n) is 9.13. The lowest BCUT2D eigenvalue weighted by molar-refractivity contribution is 0.476. The normalized spacial score (nSPS) is 10.9. The molecule has 3 heteroatoms. The molecule has 0 bridgehead atoms. The molecule has 0 saturated heterocycles. The molecule has 2 aromatic carbocycles. The Morgan fingerprint density at radius 2 is 2.06 bits per heavy atom. The van der Waals surface area contributed by atoms with Crippen molar-refractivity contribution in [3.63, 3.8) is 0 Å². The smallest absolute Gasteiger partial charge is 0.117 e. The first-order valence-corrected chi connectivity index (χ1v) is 5.64. The third-order valence-electron chi connectivity index (χ3n) is 2.62. The van der Waals surface area contributed by atoms with Gasteiger partial charge in [-0.15, -0.1) is 0 Å². The van der Waals surface area contributed by atoms with Gasteiger partial charge < -0.3 is 10.4 Å². The fourth-order valence-electron chi connectivity index (χ4n) is 1.77. The maximum Gasteiger partial charge on any atom is 0.117 e. The van der Waals surface area contributed by atoms with Crippen LogP contribution in [-0.4, -0.2) is 18.7 Å². The third kappa shape index (κ3) is 2.29. The molecule has 2 nitrogen and oxygen atoms in total. The molecule has 2 aromatic rings. The Bertz CT molecular complexity index is 511. The zero-order chi connectivity index (χ0) is 11.5. The van der Waals surface area contributed by atoms with Crippen LogP contribution in [0.15, 0.2) is 30.3 Å². The lowest BCUT2D eigenvalue weighted by atomic mass is 10.0. The maximum absolute atomic E-state index is 9.43. The van der Waals surface area contributed by atoms with E-state index in [0.717, 1.165) is 23.7 Å². The van der Waals surface area contributed by atoms with E-state index < -0.39 is 0 Å². The van der Waals surface area contributed by atoms with Gasteiger partial charge in [0.2, 0.25) is 0 Å². The van der Waals surface area contributed by atoms with E-state index >= 15 is 0 Å². The first-order chi connectivity index (χ1) is 7.70. The highest BCUT2D eigenvalue weighted by Gasteiger charge is 2.03. The quantitative estimate of drug-likeness (QED) is 0.858. The van der Waals surface area contributed by atoms with Crippen molar-refractivity contribution >= 4 is 22.4 Å². The second kappa shape index (κ2) is 4.73. The van der Waals surface area contributed by atoms with Gasteiger partial charge in [0.05, 0.1) is 5.02 Å². The predicted octanol–water partition coefficient (Wildman–Crippen LogP) is 2.96. The number of halogens is 1. The SMILES string of the molecule is CNCCc1ccc2cc(O)cc(Cl)c2c1. The van der Waals surface area contributed by atoms with Gasteiger partial charge in [0, 0.05) is 5.39 Å². The van der Waals surface area contributed by atoms with E-state index in [1.165, 1.54) is 5.56 Å². The van der Waals surface area contributed by atoms with Gasteiger partial charge in [0.15, 0.2) is 0 Å². The van der Waals surface area contributed by atoms with Crippen LogP contribution >= 0.6 is 11.6 Å². The molecule has 2 N–H and O–H groups in total. The van der Waals surface area contributed by atoms with E-state index in [4.69, 9.17) is 11.6 Å². The number of phenols is 1. The molecule has 0 fully saturated rings. The largest absolute Gasteiger partial charge is 0.508 e. The fourth-order valence-corrected chi connectivity index (χ4v) is 2.05. The van der Waals surface area contributed by atoms with E-state index in [-0.39, 0.29) is 5.75 Å². The van der Waals surface area contributed by atoms with Gasteiger partial charge in [-0.2, -0.15) is 0 Å². The highest BCUT2D eigenvalue weighted by molar-refractivity contribution is 6.35. The Kier molecular flexibility index (Phi) is 3.32. The van der Waals surface area contributed by atoms with Crippen LogP contribution in [-0.2, 0) is 6.42 Å². The summed E-state index contributed by atoms with van der Waals surface area (Å²) < 4.78 is 0. The van der Waals surface area contributed by atoms with Crippen molar-refractivity contribution < 1.29 is 5.11 Å². The van der Waals surface area contributed by atoms with Crippen LogP contribution in [0, 0.1) is 0 Å². The van der Waals surface area contributed by atoms with Crippen molar-refractivity contribution in [1.82, 2.24) is 5.32 Å². The molecule has 0 amide bonds. The van der Waals surface area contributed by atoms with Gasteiger partial charge in [-0.1, -0.05) is 23.7 Å². The van der Waals surface area contributed by atoms with E-state index in [0.29, 0.717) is 5.02 Å². The molecule has 84 valence electrons. The van der Waals surface area contributed by atoms with E-state index in [1.807, 2.05) is 13.1 Å². The van der Waals surface area contributed by atoms with Crippen LogP contribution in [0.2, 0.25) is 5.02 Å². The number of phenolic OH excluding ortho intramolecular Hbond substituents is 1. The zero-order valence-corrected chi connectivity index (χ0v) is 9.88. The van der Waals surface area contributed by atoms with Crippen LogP contribution in [0.25, 0.3) is 10.8 Å². The second-order valence-electron chi connectivity index (χ2n) is 3.84. The molecule has 0 aliphatic carbocycles. The Hall–Kier alpha value is -1.25. The highest BCUT2D eigenvalue weighted by Crippen LogP contribution is 2.29. The predicted molar refractivity (Wildman–Crippen MR) is 68.3 cm³/mol. The minimum Gasteiger partial charge on any atom is -0.508 e. The monoisotopic (exact) mass is 235 g/mol. The summed E-state index contributed by atoms with van der Waals surface area (Å²) in [4.78, 5) is 0.